The van der Waals surface area contributed by atoms with Crippen LogP contribution in [0.25, 0.3) is 0 Å². The van der Waals surface area contributed by atoms with Crippen LogP contribution in [0.5, 0.6) is 0 Å². The first-order chi connectivity index (χ1) is 9.43. The SMILES string of the molecule is C[C@@]12CC[C@@](C)(OC1C(Br)Br)[C@H]([Se]c1ccccc1)C2. The molecular weight excluding hydrogens is 447 g/mol. The van der Waals surface area contributed by atoms with Gasteiger partial charge >= 0.3 is 145 Å². The Labute approximate surface area is 144 Å². The molecule has 110 valence electrons. The van der Waals surface area contributed by atoms with Gasteiger partial charge in [0.05, 0.1) is 0 Å². The normalized spacial score (nSPS) is 40.2. The zero-order valence-electron chi connectivity index (χ0n) is 11.8. The minimum atomic E-state index is 0.0536. The third-order valence-electron chi connectivity index (χ3n) is 4.86. The van der Waals surface area contributed by atoms with Crippen LogP contribution in [0.3, 0.4) is 0 Å². The molecule has 1 aromatic carbocycles. The maximum atomic E-state index is 6.54. The number of benzene rings is 1. The molecule has 4 rings (SSSR count). The van der Waals surface area contributed by atoms with Crippen molar-refractivity contribution in [3.05, 3.63) is 30.3 Å². The summed E-state index contributed by atoms with van der Waals surface area (Å²) < 4.78 is 8.30. The first-order valence-corrected chi connectivity index (χ1v) is 10.8. The van der Waals surface area contributed by atoms with Crippen LogP contribution >= 0.6 is 31.9 Å². The number of fused-ring (bicyclic) bond motifs is 3. The summed E-state index contributed by atoms with van der Waals surface area (Å²) in [4.78, 5) is 0.686. The Morgan fingerprint density at radius 3 is 2.55 bits per heavy atom. The van der Waals surface area contributed by atoms with E-state index in [1.165, 1.54) is 23.7 Å². The summed E-state index contributed by atoms with van der Waals surface area (Å²) in [5, 5.41) is 0. The molecule has 0 amide bonds. The van der Waals surface area contributed by atoms with E-state index in [0.29, 0.717) is 25.2 Å². The van der Waals surface area contributed by atoms with Crippen molar-refractivity contribution >= 4 is 51.3 Å². The molecule has 3 fully saturated rings. The van der Waals surface area contributed by atoms with E-state index in [1.807, 2.05) is 0 Å². The Hall–Kier alpha value is 0.659. The van der Waals surface area contributed by atoms with Crippen molar-refractivity contribution in [1.82, 2.24) is 0 Å². The molecule has 0 N–H and O–H groups in total. The van der Waals surface area contributed by atoms with E-state index in [1.54, 1.807) is 0 Å². The molecule has 1 aromatic rings. The van der Waals surface area contributed by atoms with Crippen molar-refractivity contribution in [2.24, 2.45) is 5.41 Å². The van der Waals surface area contributed by atoms with Gasteiger partial charge in [0.25, 0.3) is 0 Å². The molecule has 0 radical (unpaired) electrons. The first-order valence-electron chi connectivity index (χ1n) is 7.11. The molecule has 2 saturated heterocycles. The number of hydrogen-bond acceptors (Lipinski definition) is 1. The molecule has 0 aromatic heterocycles. The second kappa shape index (κ2) is 5.70. The second-order valence-corrected chi connectivity index (χ2v) is 12.3. The molecule has 0 spiro atoms. The van der Waals surface area contributed by atoms with Crippen LogP contribution in [0.4, 0.5) is 0 Å². The topological polar surface area (TPSA) is 9.23 Å². The van der Waals surface area contributed by atoms with Crippen molar-refractivity contribution in [2.75, 3.05) is 0 Å². The van der Waals surface area contributed by atoms with Gasteiger partial charge in [0.15, 0.2) is 0 Å². The molecule has 3 aliphatic rings. The molecular formula is C16H20Br2OSe. The van der Waals surface area contributed by atoms with Crippen molar-refractivity contribution < 1.29 is 4.74 Å². The summed E-state index contributed by atoms with van der Waals surface area (Å²) in [6.45, 7) is 4.73. The van der Waals surface area contributed by atoms with Gasteiger partial charge in [-0.05, 0) is 0 Å². The molecule has 1 unspecified atom stereocenters. The summed E-state index contributed by atoms with van der Waals surface area (Å²) >= 11 is 7.86. The predicted molar refractivity (Wildman–Crippen MR) is 92.5 cm³/mol. The molecule has 2 aliphatic heterocycles. The Morgan fingerprint density at radius 2 is 1.90 bits per heavy atom. The fourth-order valence-corrected chi connectivity index (χ4v) is 8.15. The molecule has 1 nitrogen and oxygen atoms in total. The van der Waals surface area contributed by atoms with Crippen molar-refractivity contribution in [1.29, 1.82) is 0 Å². The summed E-state index contributed by atoms with van der Waals surface area (Å²) in [5.41, 5.74) is 0.356. The van der Waals surface area contributed by atoms with E-state index >= 15 is 0 Å². The summed E-state index contributed by atoms with van der Waals surface area (Å²) in [5.74, 6) is 0. The zero-order chi connectivity index (χ0) is 14.4. The van der Waals surface area contributed by atoms with E-state index in [2.05, 4.69) is 76.0 Å². The molecule has 1 saturated carbocycles. The van der Waals surface area contributed by atoms with E-state index < -0.39 is 0 Å². The Bertz CT molecular complexity index is 481. The fourth-order valence-electron chi connectivity index (χ4n) is 3.45. The molecule has 4 heteroatoms. The number of alkyl halides is 2. The summed E-state index contributed by atoms with van der Waals surface area (Å²) in [6.07, 6.45) is 4.05. The maximum absolute atomic E-state index is 6.54. The van der Waals surface area contributed by atoms with Crippen LogP contribution in [-0.2, 0) is 4.74 Å². The zero-order valence-corrected chi connectivity index (χ0v) is 16.7. The standard InChI is InChI=1S/C16H20Br2OSe/c1-15-8-9-16(2,19-13(15)14(17)18)12(10-15)20-11-6-4-3-5-7-11/h3-7,12-14H,8-10H2,1-2H3/t12-,13?,15+,16-/m1/s1. The molecule has 4 atom stereocenters. The number of hydrogen-bond donors (Lipinski definition) is 0. The van der Waals surface area contributed by atoms with Crippen LogP contribution in [0, 0.1) is 5.41 Å². The van der Waals surface area contributed by atoms with Crippen LogP contribution in [-0.4, -0.2) is 30.4 Å². The van der Waals surface area contributed by atoms with E-state index in [4.69, 9.17) is 4.74 Å². The van der Waals surface area contributed by atoms with E-state index in [0.717, 1.165) is 0 Å². The van der Waals surface area contributed by atoms with Gasteiger partial charge in [-0.1, -0.05) is 0 Å². The van der Waals surface area contributed by atoms with Gasteiger partial charge in [-0.15, -0.1) is 0 Å². The van der Waals surface area contributed by atoms with Crippen LogP contribution in [0.2, 0.25) is 4.82 Å². The number of rotatable bonds is 3. The van der Waals surface area contributed by atoms with E-state index in [9.17, 15) is 0 Å². The first kappa shape index (κ1) is 15.6. The molecule has 20 heavy (non-hydrogen) atoms. The third-order valence-corrected chi connectivity index (χ3v) is 8.95. The van der Waals surface area contributed by atoms with Crippen molar-refractivity contribution in [2.45, 2.75) is 53.4 Å². The van der Waals surface area contributed by atoms with Gasteiger partial charge in [-0.25, -0.2) is 0 Å². The van der Waals surface area contributed by atoms with Crippen LogP contribution in [0.15, 0.2) is 30.3 Å². The monoisotopic (exact) mass is 466 g/mol. The average molecular weight is 467 g/mol. The molecule has 2 bridgehead atoms. The van der Waals surface area contributed by atoms with E-state index in [-0.39, 0.29) is 15.4 Å². The number of ether oxygens (including phenoxy) is 1. The summed E-state index contributed by atoms with van der Waals surface area (Å²) in [7, 11) is 0. The minimum absolute atomic E-state index is 0.0536. The van der Waals surface area contributed by atoms with Crippen molar-refractivity contribution in [3.63, 3.8) is 0 Å². The Balaban J connectivity index is 1.82. The Kier molecular flexibility index (Phi) is 4.43. The number of halogens is 2. The van der Waals surface area contributed by atoms with Gasteiger partial charge < -0.3 is 0 Å². The summed E-state index contributed by atoms with van der Waals surface area (Å²) in [6, 6.07) is 10.9. The fraction of sp³-hybridized carbons (Fsp3) is 0.625. The quantitative estimate of drug-likeness (QED) is 0.477. The van der Waals surface area contributed by atoms with Gasteiger partial charge in [-0.3, -0.25) is 0 Å². The van der Waals surface area contributed by atoms with Crippen LogP contribution < -0.4 is 4.46 Å². The molecule has 1 aliphatic carbocycles. The molecule has 2 heterocycles. The Morgan fingerprint density at radius 1 is 1.20 bits per heavy atom. The second-order valence-electron chi connectivity index (χ2n) is 6.46. The van der Waals surface area contributed by atoms with Crippen molar-refractivity contribution in [3.8, 4) is 0 Å². The van der Waals surface area contributed by atoms with Crippen LogP contribution in [0.1, 0.15) is 33.1 Å². The van der Waals surface area contributed by atoms with Gasteiger partial charge in [0, 0.05) is 0 Å². The van der Waals surface area contributed by atoms with Gasteiger partial charge in [-0.2, -0.15) is 0 Å². The predicted octanol–water partition coefficient (Wildman–Crippen LogP) is 4.27. The third kappa shape index (κ3) is 2.79. The van der Waals surface area contributed by atoms with Gasteiger partial charge in [0.2, 0.25) is 0 Å². The van der Waals surface area contributed by atoms with Gasteiger partial charge in [0.1, 0.15) is 0 Å². The average Bonchev–Trinajstić information content (AvgIpc) is 2.41.